The summed E-state index contributed by atoms with van der Waals surface area (Å²) >= 11 is 0. The number of hydrogen-bond donors (Lipinski definition) is 4. The largest absolute Gasteiger partial charge is 0.376 e. The zero-order chi connectivity index (χ0) is 24.5. The Hall–Kier alpha value is -4.13. The maximum Gasteiger partial charge on any atom is 0.255 e. The van der Waals surface area contributed by atoms with Crippen molar-refractivity contribution in [2.24, 2.45) is 5.92 Å². The molecule has 7 nitrogen and oxygen atoms in total. The van der Waals surface area contributed by atoms with Crippen molar-refractivity contribution in [1.82, 2.24) is 0 Å². The van der Waals surface area contributed by atoms with Crippen LogP contribution in [-0.4, -0.2) is 24.3 Å². The van der Waals surface area contributed by atoms with Gasteiger partial charge in [-0.1, -0.05) is 31.5 Å². The maximum absolute atomic E-state index is 12.4. The van der Waals surface area contributed by atoms with Gasteiger partial charge < -0.3 is 21.3 Å². The molecule has 0 aliphatic heterocycles. The molecule has 4 N–H and O–H groups in total. The highest BCUT2D eigenvalue weighted by atomic mass is 16.2. The molecule has 3 amide bonds. The number of carbonyl (C=O) groups is 3. The lowest BCUT2D eigenvalue weighted by Gasteiger charge is -2.11. The number of benzene rings is 3. The van der Waals surface area contributed by atoms with E-state index >= 15 is 0 Å². The van der Waals surface area contributed by atoms with Gasteiger partial charge in [-0.25, -0.2) is 0 Å². The van der Waals surface area contributed by atoms with Crippen LogP contribution in [0.15, 0.2) is 72.8 Å². The van der Waals surface area contributed by atoms with Crippen LogP contribution in [0.25, 0.3) is 0 Å². The maximum atomic E-state index is 12.4. The van der Waals surface area contributed by atoms with Gasteiger partial charge in [0, 0.05) is 34.7 Å². The van der Waals surface area contributed by atoms with Gasteiger partial charge in [0.1, 0.15) is 0 Å². The van der Waals surface area contributed by atoms with Crippen molar-refractivity contribution in [1.29, 1.82) is 0 Å². The SMILES string of the molecule is Cc1cccc(C(=O)Nc2ccc(NC(=O)CNc3ccc(NC(=O)CC(C)C)cc3)cc2)c1. The number of nitrogens with one attached hydrogen (secondary N) is 4. The van der Waals surface area contributed by atoms with Crippen LogP contribution in [0.1, 0.15) is 36.2 Å². The van der Waals surface area contributed by atoms with E-state index in [1.165, 1.54) is 0 Å². The van der Waals surface area contributed by atoms with Gasteiger partial charge in [-0.3, -0.25) is 14.4 Å². The van der Waals surface area contributed by atoms with Crippen LogP contribution < -0.4 is 21.3 Å². The number of anilines is 4. The first-order valence-corrected chi connectivity index (χ1v) is 11.2. The van der Waals surface area contributed by atoms with Crippen molar-refractivity contribution in [3.63, 3.8) is 0 Å². The number of amides is 3. The monoisotopic (exact) mass is 458 g/mol. The molecule has 0 atom stereocenters. The number of carbonyl (C=O) groups excluding carboxylic acids is 3. The van der Waals surface area contributed by atoms with Crippen molar-refractivity contribution in [3.05, 3.63) is 83.9 Å². The summed E-state index contributed by atoms with van der Waals surface area (Å²) in [7, 11) is 0. The minimum absolute atomic E-state index is 0.0177. The first-order valence-electron chi connectivity index (χ1n) is 11.2. The zero-order valence-corrected chi connectivity index (χ0v) is 19.6. The molecule has 0 bridgehead atoms. The van der Waals surface area contributed by atoms with E-state index < -0.39 is 0 Å². The predicted octanol–water partition coefficient (Wildman–Crippen LogP) is 5.28. The van der Waals surface area contributed by atoms with E-state index in [1.807, 2.05) is 51.1 Å². The third-order valence-corrected chi connectivity index (χ3v) is 4.92. The van der Waals surface area contributed by atoms with E-state index in [9.17, 15) is 14.4 Å². The fraction of sp³-hybridized carbons (Fsp3) is 0.222. The second kappa shape index (κ2) is 11.7. The predicted molar refractivity (Wildman–Crippen MR) is 137 cm³/mol. The first-order chi connectivity index (χ1) is 16.3. The lowest BCUT2D eigenvalue weighted by atomic mass is 10.1. The van der Waals surface area contributed by atoms with Gasteiger partial charge in [-0.2, -0.15) is 0 Å². The van der Waals surface area contributed by atoms with E-state index in [4.69, 9.17) is 0 Å². The van der Waals surface area contributed by atoms with Crippen molar-refractivity contribution >= 4 is 40.5 Å². The highest BCUT2D eigenvalue weighted by molar-refractivity contribution is 6.04. The van der Waals surface area contributed by atoms with Crippen LogP contribution in [0.5, 0.6) is 0 Å². The van der Waals surface area contributed by atoms with Crippen molar-refractivity contribution in [3.8, 4) is 0 Å². The molecule has 176 valence electrons. The Kier molecular flexibility index (Phi) is 8.40. The molecular weight excluding hydrogens is 428 g/mol. The van der Waals surface area contributed by atoms with Crippen LogP contribution in [0.4, 0.5) is 22.7 Å². The Balaban J connectivity index is 1.45. The second-order valence-corrected chi connectivity index (χ2v) is 8.53. The molecule has 0 heterocycles. The van der Waals surface area contributed by atoms with Crippen molar-refractivity contribution in [2.75, 3.05) is 27.8 Å². The Labute approximate surface area is 200 Å². The van der Waals surface area contributed by atoms with Gasteiger partial charge in [-0.15, -0.1) is 0 Å². The molecule has 7 heteroatoms. The average molecular weight is 459 g/mol. The molecule has 0 saturated carbocycles. The van der Waals surface area contributed by atoms with Gasteiger partial charge in [0.15, 0.2) is 0 Å². The third kappa shape index (κ3) is 7.78. The molecule has 34 heavy (non-hydrogen) atoms. The fourth-order valence-electron chi connectivity index (χ4n) is 3.27. The van der Waals surface area contributed by atoms with Crippen LogP contribution in [0.3, 0.4) is 0 Å². The summed E-state index contributed by atoms with van der Waals surface area (Å²) in [6.07, 6.45) is 0.472. The van der Waals surface area contributed by atoms with Crippen LogP contribution in [0, 0.1) is 12.8 Å². The Morgan fingerprint density at radius 3 is 1.79 bits per heavy atom. The first kappa shape index (κ1) is 24.5. The van der Waals surface area contributed by atoms with Gasteiger partial charge in [0.25, 0.3) is 5.91 Å². The summed E-state index contributed by atoms with van der Waals surface area (Å²) < 4.78 is 0. The fourth-order valence-corrected chi connectivity index (χ4v) is 3.27. The molecule has 0 aromatic heterocycles. The Bertz CT molecular complexity index is 1140. The smallest absolute Gasteiger partial charge is 0.255 e. The summed E-state index contributed by atoms with van der Waals surface area (Å²) in [6, 6.07) is 21.5. The molecule has 0 spiro atoms. The molecule has 0 aliphatic rings. The molecule has 0 unspecified atom stereocenters. The summed E-state index contributed by atoms with van der Waals surface area (Å²) in [4.78, 5) is 36.5. The summed E-state index contributed by atoms with van der Waals surface area (Å²) in [5.41, 5.74) is 4.37. The molecule has 0 aliphatic carbocycles. The normalized spacial score (nSPS) is 10.5. The van der Waals surface area contributed by atoms with Crippen molar-refractivity contribution in [2.45, 2.75) is 27.2 Å². The minimum atomic E-state index is -0.203. The Morgan fingerprint density at radius 2 is 1.24 bits per heavy atom. The zero-order valence-electron chi connectivity index (χ0n) is 19.6. The van der Waals surface area contributed by atoms with E-state index in [0.29, 0.717) is 29.3 Å². The van der Waals surface area contributed by atoms with Crippen LogP contribution in [0.2, 0.25) is 0 Å². The van der Waals surface area contributed by atoms with E-state index in [2.05, 4.69) is 21.3 Å². The second-order valence-electron chi connectivity index (χ2n) is 8.53. The van der Waals surface area contributed by atoms with E-state index in [-0.39, 0.29) is 24.3 Å². The summed E-state index contributed by atoms with van der Waals surface area (Å²) in [6.45, 7) is 6.02. The third-order valence-electron chi connectivity index (χ3n) is 4.92. The van der Waals surface area contributed by atoms with Gasteiger partial charge in [-0.05, 0) is 73.5 Å². The van der Waals surface area contributed by atoms with Crippen LogP contribution >= 0.6 is 0 Å². The molecule has 0 radical (unpaired) electrons. The molecule has 3 aromatic carbocycles. The molecule has 3 aromatic rings. The van der Waals surface area contributed by atoms with E-state index in [1.54, 1.807) is 42.5 Å². The highest BCUT2D eigenvalue weighted by Crippen LogP contribution is 2.16. The quantitative estimate of drug-likeness (QED) is 0.350. The van der Waals surface area contributed by atoms with Crippen molar-refractivity contribution < 1.29 is 14.4 Å². The van der Waals surface area contributed by atoms with Gasteiger partial charge in [0.05, 0.1) is 6.54 Å². The molecule has 0 fully saturated rings. The number of rotatable bonds is 9. The number of aryl methyl sites for hydroxylation is 1. The molecule has 0 saturated heterocycles. The summed E-state index contributed by atoms with van der Waals surface area (Å²) in [5.74, 6) is -0.107. The standard InChI is InChI=1S/C27H30N4O3/c1-18(2)15-25(32)29-22-9-7-21(8-10-22)28-17-26(33)30-23-11-13-24(14-12-23)31-27(34)20-6-4-5-19(3)16-20/h4-14,16,18,28H,15,17H2,1-3H3,(H,29,32)(H,30,33)(H,31,34). The lowest BCUT2D eigenvalue weighted by Crippen LogP contribution is -2.21. The summed E-state index contributed by atoms with van der Waals surface area (Å²) in [5, 5.41) is 11.6. The molecule has 3 rings (SSSR count). The average Bonchev–Trinajstić information content (AvgIpc) is 2.79. The lowest BCUT2D eigenvalue weighted by molar-refractivity contribution is -0.117. The Morgan fingerprint density at radius 1 is 0.706 bits per heavy atom. The van der Waals surface area contributed by atoms with E-state index in [0.717, 1.165) is 16.9 Å². The minimum Gasteiger partial charge on any atom is -0.376 e. The van der Waals surface area contributed by atoms with Gasteiger partial charge in [0.2, 0.25) is 11.8 Å². The number of hydrogen-bond acceptors (Lipinski definition) is 4. The van der Waals surface area contributed by atoms with Crippen LogP contribution in [-0.2, 0) is 9.59 Å². The highest BCUT2D eigenvalue weighted by Gasteiger charge is 2.08. The van der Waals surface area contributed by atoms with Gasteiger partial charge >= 0.3 is 0 Å². The topological polar surface area (TPSA) is 99.3 Å². The molecular formula is C27H30N4O3.